The molecule has 0 spiro atoms. The van der Waals surface area contributed by atoms with Crippen molar-refractivity contribution < 1.29 is 19.4 Å². The molecule has 0 aliphatic carbocycles. The number of esters is 1. The Balaban J connectivity index is 5.02. The van der Waals surface area contributed by atoms with Gasteiger partial charge in [0.2, 0.25) is 0 Å². The number of hydrogen-bond acceptors (Lipinski definition) is 3. The molecule has 0 atom stereocenters. The number of rotatable bonds is 3. The Hall–Kier alpha value is -0.800. The molecule has 0 aromatic heterocycles. The molecule has 0 aliphatic heterocycles. The van der Waals surface area contributed by atoms with Gasteiger partial charge in [-0.2, -0.15) is 0 Å². The third-order valence-corrected chi connectivity index (χ3v) is 2.79. The number of ether oxygens (including phenoxy) is 1. The van der Waals surface area contributed by atoms with Crippen LogP contribution < -0.4 is 0 Å². The zero-order valence-electron chi connectivity index (χ0n) is 8.67. The van der Waals surface area contributed by atoms with E-state index in [4.69, 9.17) is 5.11 Å². The Morgan fingerprint density at radius 1 is 1.15 bits per heavy atom. The molecule has 0 fully saturated rings. The molecule has 0 unspecified atom stereocenters. The van der Waals surface area contributed by atoms with Crippen LogP contribution in [-0.4, -0.2) is 55.5 Å². The van der Waals surface area contributed by atoms with E-state index in [0.717, 1.165) is 0 Å². The van der Waals surface area contributed by atoms with Crippen molar-refractivity contribution in [3.05, 3.63) is 0 Å². The van der Waals surface area contributed by atoms with Gasteiger partial charge in [0.05, 0.1) is 7.11 Å². The lowest BCUT2D eigenvalue weighted by Crippen LogP contribution is -2.44. The molecule has 0 bridgehead atoms. The number of carbonyl (C=O) groups is 2. The normalized spacial score (nSPS) is 12.1. The Kier molecular flexibility index (Phi) is 3.30. The third-order valence-electron chi connectivity index (χ3n) is 2.79. The SMILES string of the molecule is BC(B)(C(=O)O)C(B)(B)C(=O)OC. The summed E-state index contributed by atoms with van der Waals surface area (Å²) in [7, 11) is 7.39. The second kappa shape index (κ2) is 3.52. The van der Waals surface area contributed by atoms with Crippen LogP contribution in [0.15, 0.2) is 0 Å². The van der Waals surface area contributed by atoms with Gasteiger partial charge in [-0.3, -0.25) is 9.59 Å². The average molecular weight is 179 g/mol. The van der Waals surface area contributed by atoms with Gasteiger partial charge in [-0.25, -0.2) is 0 Å². The minimum atomic E-state index is -1.14. The van der Waals surface area contributed by atoms with E-state index >= 15 is 0 Å². The molecule has 68 valence electrons. The van der Waals surface area contributed by atoms with Gasteiger partial charge in [-0.05, 0) is 0 Å². The third kappa shape index (κ3) is 1.92. The smallest absolute Gasteiger partial charge is 0.295 e. The molecule has 0 heterocycles. The molecule has 0 aromatic carbocycles. The molecule has 0 aliphatic rings. The van der Waals surface area contributed by atoms with Gasteiger partial charge in [0.15, 0.2) is 0 Å². The van der Waals surface area contributed by atoms with Crippen LogP contribution in [0.4, 0.5) is 0 Å². The number of carboxylic acid groups (broad SMARTS) is 1. The van der Waals surface area contributed by atoms with E-state index in [-0.39, 0.29) is 0 Å². The zero-order valence-corrected chi connectivity index (χ0v) is 8.67. The van der Waals surface area contributed by atoms with E-state index < -0.39 is 22.4 Å². The molecule has 4 nitrogen and oxygen atoms in total. The molecule has 0 radical (unpaired) electrons. The van der Waals surface area contributed by atoms with Gasteiger partial charge in [0.25, 0.3) is 11.9 Å². The van der Waals surface area contributed by atoms with Crippen LogP contribution >= 0.6 is 0 Å². The average Bonchev–Trinajstić information content (AvgIpc) is 2.02. The van der Waals surface area contributed by atoms with Gasteiger partial charge in [-0.1, -0.05) is 0 Å². The standard InChI is InChI=1S/C5H12B4O4/c1-13-3(12)5(8,9)4(6,7)2(10)11/h6-9H2,1H3,(H,10,11). The van der Waals surface area contributed by atoms with Crippen molar-refractivity contribution in [2.45, 2.75) is 10.4 Å². The number of hydrogen-bond donors (Lipinski definition) is 1. The molecule has 1 N–H and O–H groups in total. The van der Waals surface area contributed by atoms with Gasteiger partial charge in [-0.15, -0.1) is 0 Å². The summed E-state index contributed by atoms with van der Waals surface area (Å²) in [6.07, 6.45) is 0. The van der Waals surface area contributed by atoms with Crippen LogP contribution in [-0.2, 0) is 14.3 Å². The fourth-order valence-corrected chi connectivity index (χ4v) is 0.778. The van der Waals surface area contributed by atoms with Gasteiger partial charge in [0.1, 0.15) is 31.4 Å². The Bertz CT molecular complexity index is 237. The predicted octanol–water partition coefficient (Wildman–Crippen LogP) is -3.99. The summed E-state index contributed by atoms with van der Waals surface area (Å²) in [6.45, 7) is 0. The van der Waals surface area contributed by atoms with Crippen LogP contribution in [0.2, 0.25) is 10.4 Å². The minimum absolute atomic E-state index is 0.514. The Morgan fingerprint density at radius 3 is 1.77 bits per heavy atom. The van der Waals surface area contributed by atoms with E-state index in [2.05, 4.69) is 4.74 Å². The fraction of sp³-hybridized carbons (Fsp3) is 0.600. The topological polar surface area (TPSA) is 63.6 Å². The highest BCUT2D eigenvalue weighted by atomic mass is 16.5. The predicted molar refractivity (Wildman–Crippen MR) is 59.2 cm³/mol. The largest absolute Gasteiger partial charge is 0.482 e. The molecule has 0 saturated heterocycles. The number of methoxy groups -OCH3 is 1. The van der Waals surface area contributed by atoms with Crippen LogP contribution in [0.1, 0.15) is 0 Å². The summed E-state index contributed by atoms with van der Waals surface area (Å²) < 4.78 is 4.55. The highest BCUT2D eigenvalue weighted by molar-refractivity contribution is 6.65. The first kappa shape index (κ1) is 12.2. The van der Waals surface area contributed by atoms with Crippen LogP contribution in [0.3, 0.4) is 0 Å². The second-order valence-electron chi connectivity index (χ2n) is 4.05. The second-order valence-corrected chi connectivity index (χ2v) is 4.05. The van der Waals surface area contributed by atoms with Crippen molar-refractivity contribution in [1.29, 1.82) is 0 Å². The monoisotopic (exact) mass is 180 g/mol. The summed E-state index contributed by atoms with van der Waals surface area (Å²) in [6, 6.07) is 0. The molecule has 13 heavy (non-hydrogen) atoms. The van der Waals surface area contributed by atoms with Gasteiger partial charge in [0, 0.05) is 10.4 Å². The molecule has 0 aromatic rings. The lowest BCUT2D eigenvalue weighted by molar-refractivity contribution is -0.147. The Morgan fingerprint density at radius 2 is 1.54 bits per heavy atom. The van der Waals surface area contributed by atoms with Gasteiger partial charge < -0.3 is 9.84 Å². The fourth-order valence-electron chi connectivity index (χ4n) is 0.778. The number of carbonyl (C=O) groups excluding carboxylic acids is 1. The van der Waals surface area contributed by atoms with E-state index in [0.29, 0.717) is 0 Å². The van der Waals surface area contributed by atoms with Crippen molar-refractivity contribution in [2.24, 2.45) is 0 Å². The number of aliphatic carboxylic acids is 1. The maximum Gasteiger partial charge on any atom is 0.295 e. The van der Waals surface area contributed by atoms with Crippen LogP contribution in [0.5, 0.6) is 0 Å². The quantitative estimate of drug-likeness (QED) is 0.354. The summed E-state index contributed by atoms with van der Waals surface area (Å²) in [5, 5.41) is 6.74. The van der Waals surface area contributed by atoms with Crippen molar-refractivity contribution in [2.75, 3.05) is 7.11 Å². The summed E-state index contributed by atoms with van der Waals surface area (Å²) in [5.74, 6) is -1.53. The van der Waals surface area contributed by atoms with Crippen molar-refractivity contribution in [3.63, 3.8) is 0 Å². The zero-order chi connectivity index (χ0) is 10.9. The summed E-state index contributed by atoms with van der Waals surface area (Å²) in [5.41, 5.74) is 0. The maximum atomic E-state index is 11.3. The molecule has 8 heteroatoms. The first-order chi connectivity index (χ1) is 5.67. The Labute approximate surface area is 81.0 Å². The van der Waals surface area contributed by atoms with Crippen molar-refractivity contribution in [1.82, 2.24) is 0 Å². The molecular weight excluding hydrogens is 167 g/mol. The number of carboxylic acids is 1. The molecule has 0 amide bonds. The van der Waals surface area contributed by atoms with E-state index in [1.807, 2.05) is 0 Å². The molecule has 0 saturated carbocycles. The molecule has 0 rings (SSSR count). The first-order valence-electron chi connectivity index (χ1n) is 3.99. The lowest BCUT2D eigenvalue weighted by atomic mass is 9.29. The van der Waals surface area contributed by atoms with Crippen LogP contribution in [0, 0.1) is 0 Å². The lowest BCUT2D eigenvalue weighted by Gasteiger charge is -2.35. The highest BCUT2D eigenvalue weighted by Gasteiger charge is 2.48. The molecular formula is C5H12B4O4. The first-order valence-corrected chi connectivity index (χ1v) is 3.99. The highest BCUT2D eigenvalue weighted by Crippen LogP contribution is 2.42. The summed E-state index contributed by atoms with van der Waals surface area (Å²) >= 11 is 0. The van der Waals surface area contributed by atoms with E-state index in [9.17, 15) is 9.59 Å². The van der Waals surface area contributed by atoms with E-state index in [1.165, 1.54) is 22.8 Å². The summed E-state index contributed by atoms with van der Waals surface area (Å²) in [4.78, 5) is 22.2. The van der Waals surface area contributed by atoms with E-state index in [1.54, 1.807) is 15.7 Å². The van der Waals surface area contributed by atoms with Crippen molar-refractivity contribution in [3.8, 4) is 0 Å². The van der Waals surface area contributed by atoms with Crippen LogP contribution in [0.25, 0.3) is 0 Å². The minimum Gasteiger partial charge on any atom is -0.482 e. The van der Waals surface area contributed by atoms with Gasteiger partial charge >= 0.3 is 0 Å². The van der Waals surface area contributed by atoms with Crippen molar-refractivity contribution >= 4 is 43.3 Å². The maximum absolute atomic E-state index is 11.3.